The van der Waals surface area contributed by atoms with Gasteiger partial charge in [0.25, 0.3) is 0 Å². The van der Waals surface area contributed by atoms with Gasteiger partial charge in [-0.05, 0) is 25.3 Å². The molecule has 1 atom stereocenters. The molecule has 114 valence electrons. The molecule has 0 spiro atoms. The van der Waals surface area contributed by atoms with E-state index in [2.05, 4.69) is 10.2 Å². The average Bonchev–Trinajstić information content (AvgIpc) is 3.12. The van der Waals surface area contributed by atoms with E-state index in [1.54, 1.807) is 11.1 Å². The van der Waals surface area contributed by atoms with E-state index in [1.807, 2.05) is 11.0 Å². The van der Waals surface area contributed by atoms with E-state index in [-0.39, 0.29) is 18.4 Å². The molecule has 2 aliphatic heterocycles. The van der Waals surface area contributed by atoms with Crippen molar-refractivity contribution in [2.24, 2.45) is 0 Å². The highest BCUT2D eigenvalue weighted by atomic mass is 16.2. The van der Waals surface area contributed by atoms with Crippen molar-refractivity contribution in [1.82, 2.24) is 20.0 Å². The summed E-state index contributed by atoms with van der Waals surface area (Å²) in [6, 6.07) is 1.97. The van der Waals surface area contributed by atoms with Crippen LogP contribution in [0.1, 0.15) is 43.7 Å². The summed E-state index contributed by atoms with van der Waals surface area (Å²) in [4.78, 5) is 28.0. The molecule has 21 heavy (non-hydrogen) atoms. The third kappa shape index (κ3) is 3.25. The summed E-state index contributed by atoms with van der Waals surface area (Å²) in [5.41, 5.74) is 1.09. The molecule has 6 nitrogen and oxygen atoms in total. The topological polar surface area (TPSA) is 69.3 Å². The molecule has 0 bridgehead atoms. The minimum Gasteiger partial charge on any atom is -0.340 e. The molecule has 0 radical (unpaired) electrons. The van der Waals surface area contributed by atoms with Crippen molar-refractivity contribution in [3.05, 3.63) is 18.0 Å². The van der Waals surface area contributed by atoms with Crippen molar-refractivity contribution < 1.29 is 9.59 Å². The Morgan fingerprint density at radius 2 is 2.24 bits per heavy atom. The Morgan fingerprint density at radius 1 is 1.33 bits per heavy atom. The van der Waals surface area contributed by atoms with Gasteiger partial charge in [0, 0.05) is 43.9 Å². The van der Waals surface area contributed by atoms with Crippen LogP contribution in [0.3, 0.4) is 0 Å². The largest absolute Gasteiger partial charge is 0.340 e. The van der Waals surface area contributed by atoms with Crippen LogP contribution in [0, 0.1) is 0 Å². The molecule has 0 aliphatic carbocycles. The first-order valence-corrected chi connectivity index (χ1v) is 7.79. The number of carbonyl (C=O) groups is 2. The maximum absolute atomic E-state index is 12.4. The molecule has 2 aliphatic rings. The molecule has 1 aromatic heterocycles. The predicted molar refractivity (Wildman–Crippen MR) is 77.6 cm³/mol. The van der Waals surface area contributed by atoms with Gasteiger partial charge in [-0.25, -0.2) is 0 Å². The zero-order valence-electron chi connectivity index (χ0n) is 12.3. The Morgan fingerprint density at radius 3 is 3.05 bits per heavy atom. The molecule has 1 N–H and O–H groups in total. The SMILES string of the molecule is O=C1CCCCCN1CC(=O)N1CCC(c2ccn[nH]2)C1. The first-order chi connectivity index (χ1) is 10.2. The fourth-order valence-corrected chi connectivity index (χ4v) is 3.20. The van der Waals surface area contributed by atoms with Gasteiger partial charge in [0.1, 0.15) is 0 Å². The molecule has 3 rings (SSSR count). The third-order valence-electron chi connectivity index (χ3n) is 4.50. The lowest BCUT2D eigenvalue weighted by atomic mass is 10.1. The van der Waals surface area contributed by atoms with E-state index >= 15 is 0 Å². The summed E-state index contributed by atoms with van der Waals surface area (Å²) in [5, 5.41) is 6.95. The summed E-state index contributed by atoms with van der Waals surface area (Å²) in [6.07, 6.45) is 6.34. The average molecular weight is 290 g/mol. The molecule has 0 saturated carbocycles. The lowest BCUT2D eigenvalue weighted by Gasteiger charge is -2.23. The van der Waals surface area contributed by atoms with Gasteiger partial charge in [0.05, 0.1) is 6.54 Å². The molecule has 0 aromatic carbocycles. The van der Waals surface area contributed by atoms with Crippen LogP contribution >= 0.6 is 0 Å². The second-order valence-electron chi connectivity index (χ2n) is 5.96. The fourth-order valence-electron chi connectivity index (χ4n) is 3.20. The number of H-pyrrole nitrogens is 1. The molecule has 2 amide bonds. The molecule has 3 heterocycles. The Kier molecular flexibility index (Phi) is 4.22. The second kappa shape index (κ2) is 6.28. The highest BCUT2D eigenvalue weighted by molar-refractivity contribution is 5.85. The van der Waals surface area contributed by atoms with Crippen LogP contribution in [0.25, 0.3) is 0 Å². The number of nitrogens with one attached hydrogen (secondary N) is 1. The van der Waals surface area contributed by atoms with E-state index < -0.39 is 0 Å². The number of aromatic amines is 1. The Balaban J connectivity index is 1.55. The van der Waals surface area contributed by atoms with Crippen LogP contribution in [-0.2, 0) is 9.59 Å². The number of hydrogen-bond donors (Lipinski definition) is 1. The van der Waals surface area contributed by atoms with E-state index in [0.717, 1.165) is 51.0 Å². The summed E-state index contributed by atoms with van der Waals surface area (Å²) in [7, 11) is 0. The van der Waals surface area contributed by atoms with Crippen molar-refractivity contribution in [3.63, 3.8) is 0 Å². The van der Waals surface area contributed by atoms with Crippen molar-refractivity contribution in [2.45, 2.75) is 38.0 Å². The summed E-state index contributed by atoms with van der Waals surface area (Å²) < 4.78 is 0. The van der Waals surface area contributed by atoms with Crippen molar-refractivity contribution >= 4 is 11.8 Å². The van der Waals surface area contributed by atoms with Gasteiger partial charge in [-0.3, -0.25) is 14.7 Å². The highest BCUT2D eigenvalue weighted by Gasteiger charge is 2.29. The fraction of sp³-hybridized carbons (Fsp3) is 0.667. The van der Waals surface area contributed by atoms with Gasteiger partial charge in [-0.15, -0.1) is 0 Å². The van der Waals surface area contributed by atoms with E-state index in [0.29, 0.717) is 12.3 Å². The molecular formula is C15H22N4O2. The minimum absolute atomic E-state index is 0.0762. The quantitative estimate of drug-likeness (QED) is 0.907. The normalized spacial score (nSPS) is 23.4. The third-order valence-corrected chi connectivity index (χ3v) is 4.50. The monoisotopic (exact) mass is 290 g/mol. The van der Waals surface area contributed by atoms with E-state index in [1.165, 1.54) is 0 Å². The Labute approximate surface area is 124 Å². The number of carbonyl (C=O) groups excluding carboxylic acids is 2. The number of amides is 2. The molecular weight excluding hydrogens is 268 g/mol. The van der Waals surface area contributed by atoms with Crippen LogP contribution in [-0.4, -0.2) is 58.0 Å². The van der Waals surface area contributed by atoms with Gasteiger partial charge in [-0.1, -0.05) is 6.42 Å². The van der Waals surface area contributed by atoms with Crippen LogP contribution in [0.15, 0.2) is 12.3 Å². The summed E-state index contributed by atoms with van der Waals surface area (Å²) in [5.74, 6) is 0.550. The van der Waals surface area contributed by atoms with Gasteiger partial charge in [0.2, 0.25) is 11.8 Å². The van der Waals surface area contributed by atoms with E-state index in [4.69, 9.17) is 0 Å². The van der Waals surface area contributed by atoms with Gasteiger partial charge >= 0.3 is 0 Å². The van der Waals surface area contributed by atoms with Crippen LogP contribution in [0.2, 0.25) is 0 Å². The Hall–Kier alpha value is -1.85. The lowest BCUT2D eigenvalue weighted by Crippen LogP contribution is -2.41. The first-order valence-electron chi connectivity index (χ1n) is 7.79. The molecule has 1 aromatic rings. The first kappa shape index (κ1) is 14.1. The Bertz CT molecular complexity index is 500. The van der Waals surface area contributed by atoms with Crippen molar-refractivity contribution in [3.8, 4) is 0 Å². The maximum atomic E-state index is 12.4. The number of nitrogens with zero attached hydrogens (tertiary/aromatic N) is 3. The standard InChI is InChI=1S/C15H22N4O2/c20-14-4-2-1-3-8-18(14)11-15(21)19-9-6-12(10-19)13-5-7-16-17-13/h5,7,12H,1-4,6,8-11H2,(H,16,17). The van der Waals surface area contributed by atoms with Gasteiger partial charge in [-0.2, -0.15) is 5.10 Å². The summed E-state index contributed by atoms with van der Waals surface area (Å²) in [6.45, 7) is 2.46. The molecule has 6 heteroatoms. The van der Waals surface area contributed by atoms with Crippen LogP contribution in [0.4, 0.5) is 0 Å². The lowest BCUT2D eigenvalue weighted by molar-refractivity contribution is -0.139. The molecule has 2 fully saturated rings. The van der Waals surface area contributed by atoms with Crippen molar-refractivity contribution in [2.75, 3.05) is 26.2 Å². The van der Waals surface area contributed by atoms with Gasteiger partial charge in [0.15, 0.2) is 0 Å². The van der Waals surface area contributed by atoms with Crippen molar-refractivity contribution in [1.29, 1.82) is 0 Å². The number of rotatable bonds is 3. The molecule has 2 saturated heterocycles. The van der Waals surface area contributed by atoms with E-state index in [9.17, 15) is 9.59 Å². The minimum atomic E-state index is 0.0762. The highest BCUT2D eigenvalue weighted by Crippen LogP contribution is 2.25. The van der Waals surface area contributed by atoms with Gasteiger partial charge < -0.3 is 9.80 Å². The number of aromatic nitrogens is 2. The predicted octanol–water partition coefficient (Wildman–Crippen LogP) is 1.13. The number of hydrogen-bond acceptors (Lipinski definition) is 3. The van der Waals surface area contributed by atoms with Crippen LogP contribution in [0.5, 0.6) is 0 Å². The summed E-state index contributed by atoms with van der Waals surface area (Å²) >= 11 is 0. The smallest absolute Gasteiger partial charge is 0.242 e. The zero-order valence-corrected chi connectivity index (χ0v) is 12.3. The zero-order chi connectivity index (χ0) is 14.7. The number of likely N-dealkylation sites (tertiary alicyclic amines) is 2. The molecule has 1 unspecified atom stereocenters. The van der Waals surface area contributed by atoms with Crippen LogP contribution < -0.4 is 0 Å². The second-order valence-corrected chi connectivity index (χ2v) is 5.96. The maximum Gasteiger partial charge on any atom is 0.242 e.